The molecule has 0 bridgehead atoms. The molecule has 0 unspecified atom stereocenters. The Morgan fingerprint density at radius 3 is 2.81 bits per heavy atom. The molecule has 0 amide bonds. The van der Waals surface area contributed by atoms with E-state index >= 15 is 0 Å². The Bertz CT molecular complexity index is 399. The van der Waals surface area contributed by atoms with Gasteiger partial charge in [-0.15, -0.1) is 11.8 Å². The first kappa shape index (κ1) is 10.4. The molecule has 2 fully saturated rings. The summed E-state index contributed by atoms with van der Waals surface area (Å²) in [5, 5.41) is 1.02. The maximum Gasteiger partial charge on any atom is 0.133 e. The van der Waals surface area contributed by atoms with Crippen LogP contribution in [0.1, 0.15) is 12.8 Å². The van der Waals surface area contributed by atoms with Crippen LogP contribution in [0.2, 0.25) is 0 Å². The second-order valence-corrected chi connectivity index (χ2v) is 5.61. The summed E-state index contributed by atoms with van der Waals surface area (Å²) in [4.78, 5) is 10.7. The first-order valence-corrected chi connectivity index (χ1v) is 6.84. The van der Waals surface area contributed by atoms with Crippen LogP contribution in [-0.4, -0.2) is 34.9 Å². The van der Waals surface area contributed by atoms with Gasteiger partial charge in [-0.2, -0.15) is 0 Å². The van der Waals surface area contributed by atoms with Crippen LogP contribution in [0.3, 0.4) is 0 Å². The highest BCUT2D eigenvalue weighted by Crippen LogP contribution is 2.43. The third-order valence-corrected chi connectivity index (χ3v) is 4.16. The van der Waals surface area contributed by atoms with E-state index in [1.807, 2.05) is 12.3 Å². The minimum atomic E-state index is 0.0600. The first-order valence-electron chi connectivity index (χ1n) is 5.61. The summed E-state index contributed by atoms with van der Waals surface area (Å²) in [6, 6.07) is 2.04. The fourth-order valence-corrected chi connectivity index (χ4v) is 2.73. The van der Waals surface area contributed by atoms with E-state index in [9.17, 15) is 0 Å². The zero-order valence-corrected chi connectivity index (χ0v) is 10.2. The van der Waals surface area contributed by atoms with Gasteiger partial charge in [0.2, 0.25) is 0 Å². The Kier molecular flexibility index (Phi) is 2.33. The molecule has 2 heterocycles. The van der Waals surface area contributed by atoms with E-state index in [1.54, 1.807) is 18.1 Å². The molecule has 2 N–H and O–H groups in total. The van der Waals surface area contributed by atoms with Crippen molar-refractivity contribution in [2.45, 2.75) is 23.4 Å². The van der Waals surface area contributed by atoms with E-state index in [1.165, 1.54) is 12.8 Å². The fraction of sp³-hybridized carbons (Fsp3) is 0.636. The predicted molar refractivity (Wildman–Crippen MR) is 65.7 cm³/mol. The maximum absolute atomic E-state index is 6.32. The van der Waals surface area contributed by atoms with Crippen molar-refractivity contribution < 1.29 is 0 Å². The highest BCUT2D eigenvalue weighted by Gasteiger charge is 2.50. The van der Waals surface area contributed by atoms with Crippen molar-refractivity contribution in [3.05, 3.63) is 12.4 Å². The summed E-state index contributed by atoms with van der Waals surface area (Å²) in [5.41, 5.74) is 6.38. The van der Waals surface area contributed by atoms with Crippen LogP contribution in [0.5, 0.6) is 0 Å². The first-order chi connectivity index (χ1) is 7.71. The molecule has 3 rings (SSSR count). The zero-order valence-electron chi connectivity index (χ0n) is 9.39. The number of anilines is 1. The van der Waals surface area contributed by atoms with E-state index < -0.39 is 0 Å². The van der Waals surface area contributed by atoms with Gasteiger partial charge in [0.05, 0.1) is 5.54 Å². The summed E-state index contributed by atoms with van der Waals surface area (Å²) in [7, 11) is 0. The minimum Gasteiger partial charge on any atom is -0.353 e. The van der Waals surface area contributed by atoms with E-state index in [0.29, 0.717) is 0 Å². The number of nitrogens with two attached hydrogens (primary N) is 1. The summed E-state index contributed by atoms with van der Waals surface area (Å²) in [6.45, 7) is 1.89. The van der Waals surface area contributed by atoms with Crippen LogP contribution in [0, 0.1) is 5.92 Å². The quantitative estimate of drug-likeness (QED) is 0.630. The Hall–Kier alpha value is -0.810. The summed E-state index contributed by atoms with van der Waals surface area (Å²) < 4.78 is 0. The molecule has 0 atom stereocenters. The van der Waals surface area contributed by atoms with Gasteiger partial charge in [-0.05, 0) is 25.0 Å². The van der Waals surface area contributed by atoms with E-state index in [4.69, 9.17) is 5.73 Å². The number of hydrogen-bond donors (Lipinski definition) is 1. The summed E-state index contributed by atoms with van der Waals surface area (Å²) >= 11 is 1.64. The number of thioether (sulfide) groups is 1. The molecular formula is C11H16N4S. The van der Waals surface area contributed by atoms with Crippen molar-refractivity contribution >= 4 is 17.6 Å². The Labute approximate surface area is 99.6 Å². The lowest BCUT2D eigenvalue weighted by molar-refractivity contribution is 0.289. The van der Waals surface area contributed by atoms with Crippen molar-refractivity contribution in [1.82, 2.24) is 9.97 Å². The van der Waals surface area contributed by atoms with Crippen LogP contribution < -0.4 is 10.6 Å². The van der Waals surface area contributed by atoms with Gasteiger partial charge in [-0.25, -0.2) is 9.97 Å². The van der Waals surface area contributed by atoms with E-state index in [-0.39, 0.29) is 5.54 Å². The normalized spacial score (nSPS) is 23.0. The minimum absolute atomic E-state index is 0.0600. The molecule has 5 heteroatoms. The molecule has 1 aromatic rings. The lowest BCUT2D eigenvalue weighted by Gasteiger charge is -2.48. The molecule has 1 aliphatic heterocycles. The molecule has 16 heavy (non-hydrogen) atoms. The van der Waals surface area contributed by atoms with Gasteiger partial charge in [0.15, 0.2) is 0 Å². The summed E-state index contributed by atoms with van der Waals surface area (Å²) in [6.07, 6.45) is 6.28. The average Bonchev–Trinajstić information content (AvgIpc) is 3.09. The maximum atomic E-state index is 6.32. The Morgan fingerprint density at radius 1 is 1.44 bits per heavy atom. The zero-order chi connectivity index (χ0) is 11.2. The lowest BCUT2D eigenvalue weighted by atomic mass is 9.86. The highest BCUT2D eigenvalue weighted by molar-refractivity contribution is 7.98. The van der Waals surface area contributed by atoms with Gasteiger partial charge in [0, 0.05) is 19.2 Å². The highest BCUT2D eigenvalue weighted by atomic mass is 32.2. The van der Waals surface area contributed by atoms with Crippen molar-refractivity contribution in [3.63, 3.8) is 0 Å². The standard InChI is InChI=1S/C11H16N4S/c1-16-10-4-9(13-7-14-10)15-5-11(12,6-15)8-2-3-8/h4,7-8H,2-3,5-6,12H2,1H3. The van der Waals surface area contributed by atoms with Gasteiger partial charge in [0.25, 0.3) is 0 Å². The van der Waals surface area contributed by atoms with Gasteiger partial charge < -0.3 is 10.6 Å². The fourth-order valence-electron chi connectivity index (χ4n) is 2.36. The molecular weight excluding hydrogens is 220 g/mol. The van der Waals surface area contributed by atoms with Gasteiger partial charge in [-0.1, -0.05) is 0 Å². The van der Waals surface area contributed by atoms with Gasteiger partial charge in [-0.3, -0.25) is 0 Å². The lowest BCUT2D eigenvalue weighted by Crippen LogP contribution is -2.69. The second-order valence-electron chi connectivity index (χ2n) is 4.78. The molecule has 1 aromatic heterocycles. The SMILES string of the molecule is CSc1cc(N2CC(N)(C3CC3)C2)ncn1. The van der Waals surface area contributed by atoms with Crippen molar-refractivity contribution in [1.29, 1.82) is 0 Å². The molecule has 0 spiro atoms. The number of aromatic nitrogens is 2. The molecule has 86 valence electrons. The average molecular weight is 236 g/mol. The van der Waals surface area contributed by atoms with Crippen LogP contribution in [0.15, 0.2) is 17.4 Å². The Balaban J connectivity index is 1.70. The second kappa shape index (κ2) is 3.60. The van der Waals surface area contributed by atoms with E-state index in [0.717, 1.165) is 29.9 Å². The van der Waals surface area contributed by atoms with Crippen molar-refractivity contribution in [2.75, 3.05) is 24.2 Å². The Morgan fingerprint density at radius 2 is 2.19 bits per heavy atom. The van der Waals surface area contributed by atoms with Crippen molar-refractivity contribution in [3.8, 4) is 0 Å². The van der Waals surface area contributed by atoms with Gasteiger partial charge >= 0.3 is 0 Å². The molecule has 4 nitrogen and oxygen atoms in total. The topological polar surface area (TPSA) is 55.0 Å². The summed E-state index contributed by atoms with van der Waals surface area (Å²) in [5.74, 6) is 1.77. The van der Waals surface area contributed by atoms with Crippen molar-refractivity contribution in [2.24, 2.45) is 11.7 Å². The number of nitrogens with zero attached hydrogens (tertiary/aromatic N) is 3. The molecule has 1 saturated carbocycles. The monoisotopic (exact) mass is 236 g/mol. The van der Waals surface area contributed by atoms with Crippen LogP contribution in [0.4, 0.5) is 5.82 Å². The molecule has 1 aliphatic carbocycles. The molecule has 1 saturated heterocycles. The molecule has 0 aromatic carbocycles. The molecule has 2 aliphatic rings. The largest absolute Gasteiger partial charge is 0.353 e. The van der Waals surface area contributed by atoms with E-state index in [2.05, 4.69) is 14.9 Å². The molecule has 0 radical (unpaired) electrons. The third-order valence-electron chi connectivity index (χ3n) is 3.52. The van der Waals surface area contributed by atoms with Crippen LogP contribution in [-0.2, 0) is 0 Å². The van der Waals surface area contributed by atoms with Crippen LogP contribution >= 0.6 is 11.8 Å². The number of rotatable bonds is 3. The van der Waals surface area contributed by atoms with Gasteiger partial charge in [0.1, 0.15) is 17.2 Å². The number of hydrogen-bond acceptors (Lipinski definition) is 5. The smallest absolute Gasteiger partial charge is 0.133 e. The third kappa shape index (κ3) is 1.68. The van der Waals surface area contributed by atoms with Crippen LogP contribution in [0.25, 0.3) is 0 Å². The predicted octanol–water partition coefficient (Wildman–Crippen LogP) is 1.13.